The van der Waals surface area contributed by atoms with E-state index in [-0.39, 0.29) is 17.8 Å². The number of amides is 1. The van der Waals surface area contributed by atoms with Crippen molar-refractivity contribution in [1.29, 1.82) is 0 Å². The van der Waals surface area contributed by atoms with Crippen LogP contribution in [0.25, 0.3) is 16.6 Å². The van der Waals surface area contributed by atoms with Gasteiger partial charge in [-0.1, -0.05) is 17.7 Å². The highest BCUT2D eigenvalue weighted by molar-refractivity contribution is 6.31. The molecule has 0 unspecified atom stereocenters. The first-order valence-electron chi connectivity index (χ1n) is 7.76. The Kier molecular flexibility index (Phi) is 4.81. The molecule has 2 aromatic carbocycles. The number of rotatable bonds is 4. The number of aromatic nitrogens is 2. The molecule has 1 heterocycles. The molecule has 0 aliphatic rings. The molecule has 0 fully saturated rings. The lowest BCUT2D eigenvalue weighted by molar-refractivity contribution is -0.121. The van der Waals surface area contributed by atoms with Crippen LogP contribution in [0.5, 0.6) is 5.75 Å². The summed E-state index contributed by atoms with van der Waals surface area (Å²) in [5, 5.41) is 3.11. The highest BCUT2D eigenvalue weighted by Crippen LogP contribution is 2.18. The molecule has 134 valence electrons. The molecule has 0 atom stereocenters. The SMILES string of the molecule is CNC(=O)Cn1c(=O)n(-c2cccc(OC)c2)c(=O)c2ccc(Cl)cc21. The fourth-order valence-corrected chi connectivity index (χ4v) is 2.86. The summed E-state index contributed by atoms with van der Waals surface area (Å²) in [6.45, 7) is -0.240. The Morgan fingerprint density at radius 3 is 2.65 bits per heavy atom. The van der Waals surface area contributed by atoms with E-state index in [1.807, 2.05) is 0 Å². The number of fused-ring (bicyclic) bond motifs is 1. The fraction of sp³-hybridized carbons (Fsp3) is 0.167. The van der Waals surface area contributed by atoms with Crippen LogP contribution in [0.4, 0.5) is 0 Å². The van der Waals surface area contributed by atoms with Gasteiger partial charge in [0, 0.05) is 18.1 Å². The Labute approximate surface area is 153 Å². The standard InChI is InChI=1S/C18H16ClN3O4/c1-20-16(23)10-21-15-8-11(19)6-7-14(15)17(24)22(18(21)25)12-4-3-5-13(9-12)26-2/h3-9H,10H2,1-2H3,(H,20,23). The first kappa shape index (κ1) is 17.8. The lowest BCUT2D eigenvalue weighted by Crippen LogP contribution is -2.41. The monoisotopic (exact) mass is 373 g/mol. The van der Waals surface area contributed by atoms with Gasteiger partial charge in [-0.05, 0) is 30.3 Å². The minimum absolute atomic E-state index is 0.240. The van der Waals surface area contributed by atoms with Crippen LogP contribution in [0.15, 0.2) is 52.1 Å². The Bertz CT molecular complexity index is 1120. The number of nitrogens with one attached hydrogen (secondary N) is 1. The maximum atomic E-state index is 13.0. The normalized spacial score (nSPS) is 10.7. The summed E-state index contributed by atoms with van der Waals surface area (Å²) in [6.07, 6.45) is 0. The van der Waals surface area contributed by atoms with E-state index < -0.39 is 11.2 Å². The number of benzene rings is 2. The topological polar surface area (TPSA) is 82.3 Å². The highest BCUT2D eigenvalue weighted by atomic mass is 35.5. The number of ether oxygens (including phenoxy) is 1. The van der Waals surface area contributed by atoms with Crippen LogP contribution in [0.3, 0.4) is 0 Å². The third kappa shape index (κ3) is 3.09. The molecule has 3 rings (SSSR count). The zero-order valence-corrected chi connectivity index (χ0v) is 14.9. The van der Waals surface area contributed by atoms with Crippen molar-refractivity contribution in [2.75, 3.05) is 14.2 Å². The van der Waals surface area contributed by atoms with Crippen LogP contribution < -0.4 is 21.3 Å². The summed E-state index contributed by atoms with van der Waals surface area (Å²) in [4.78, 5) is 37.8. The van der Waals surface area contributed by atoms with E-state index in [2.05, 4.69) is 5.32 Å². The first-order valence-corrected chi connectivity index (χ1v) is 8.14. The van der Waals surface area contributed by atoms with Gasteiger partial charge in [-0.25, -0.2) is 9.36 Å². The van der Waals surface area contributed by atoms with Crippen molar-refractivity contribution in [3.63, 3.8) is 0 Å². The number of hydrogen-bond acceptors (Lipinski definition) is 4. The molecule has 1 aromatic heterocycles. The molecule has 0 saturated heterocycles. The highest BCUT2D eigenvalue weighted by Gasteiger charge is 2.17. The molecule has 0 bridgehead atoms. The van der Waals surface area contributed by atoms with Gasteiger partial charge in [-0.3, -0.25) is 14.2 Å². The predicted molar refractivity (Wildman–Crippen MR) is 99.4 cm³/mol. The Morgan fingerprint density at radius 1 is 1.19 bits per heavy atom. The molecule has 0 spiro atoms. The third-order valence-electron chi connectivity index (χ3n) is 4.00. The summed E-state index contributed by atoms with van der Waals surface area (Å²) in [5.74, 6) is 0.132. The zero-order valence-electron chi connectivity index (χ0n) is 14.2. The molecule has 1 amide bonds. The van der Waals surface area contributed by atoms with E-state index in [0.29, 0.717) is 22.0 Å². The second-order valence-corrected chi connectivity index (χ2v) is 5.98. The van der Waals surface area contributed by atoms with Gasteiger partial charge < -0.3 is 10.1 Å². The summed E-state index contributed by atoms with van der Waals surface area (Å²) in [6, 6.07) is 11.2. The van der Waals surface area contributed by atoms with Crippen LogP contribution in [0.2, 0.25) is 5.02 Å². The van der Waals surface area contributed by atoms with Gasteiger partial charge in [0.25, 0.3) is 5.56 Å². The van der Waals surface area contributed by atoms with Gasteiger partial charge in [0.2, 0.25) is 5.91 Å². The van der Waals surface area contributed by atoms with E-state index in [0.717, 1.165) is 4.57 Å². The van der Waals surface area contributed by atoms with E-state index in [1.165, 1.54) is 30.9 Å². The van der Waals surface area contributed by atoms with Crippen LogP contribution in [0.1, 0.15) is 0 Å². The average Bonchev–Trinajstić information content (AvgIpc) is 2.65. The van der Waals surface area contributed by atoms with Crippen molar-refractivity contribution < 1.29 is 9.53 Å². The Balaban J connectivity index is 2.40. The van der Waals surface area contributed by atoms with Gasteiger partial charge >= 0.3 is 5.69 Å². The molecular formula is C18H16ClN3O4. The minimum Gasteiger partial charge on any atom is -0.497 e. The van der Waals surface area contributed by atoms with Gasteiger partial charge in [-0.15, -0.1) is 0 Å². The van der Waals surface area contributed by atoms with Crippen LogP contribution in [-0.4, -0.2) is 29.2 Å². The van der Waals surface area contributed by atoms with Crippen LogP contribution >= 0.6 is 11.6 Å². The fourth-order valence-electron chi connectivity index (χ4n) is 2.69. The third-order valence-corrected chi connectivity index (χ3v) is 4.23. The largest absolute Gasteiger partial charge is 0.497 e. The summed E-state index contributed by atoms with van der Waals surface area (Å²) < 4.78 is 7.40. The van der Waals surface area contributed by atoms with Crippen molar-refractivity contribution in [1.82, 2.24) is 14.5 Å². The van der Waals surface area contributed by atoms with E-state index in [4.69, 9.17) is 16.3 Å². The second-order valence-electron chi connectivity index (χ2n) is 5.55. The van der Waals surface area contributed by atoms with Crippen molar-refractivity contribution in [2.45, 2.75) is 6.54 Å². The molecule has 7 nitrogen and oxygen atoms in total. The van der Waals surface area contributed by atoms with Gasteiger partial charge in [0.05, 0.1) is 23.7 Å². The summed E-state index contributed by atoms with van der Waals surface area (Å²) in [5.41, 5.74) is -0.484. The maximum absolute atomic E-state index is 13.0. The van der Waals surface area contributed by atoms with Crippen molar-refractivity contribution in [3.8, 4) is 11.4 Å². The predicted octanol–water partition coefficient (Wildman–Crippen LogP) is 1.56. The minimum atomic E-state index is -0.637. The number of methoxy groups -OCH3 is 1. The summed E-state index contributed by atoms with van der Waals surface area (Å²) >= 11 is 6.02. The lowest BCUT2D eigenvalue weighted by atomic mass is 10.2. The Morgan fingerprint density at radius 2 is 1.96 bits per heavy atom. The van der Waals surface area contributed by atoms with E-state index >= 15 is 0 Å². The van der Waals surface area contributed by atoms with Crippen molar-refractivity contribution >= 4 is 28.4 Å². The first-order chi connectivity index (χ1) is 12.5. The van der Waals surface area contributed by atoms with E-state index in [9.17, 15) is 14.4 Å². The number of nitrogens with zero attached hydrogens (tertiary/aromatic N) is 2. The second kappa shape index (κ2) is 7.05. The molecule has 3 aromatic rings. The Hall–Kier alpha value is -3.06. The molecule has 0 radical (unpaired) electrons. The molecule has 0 saturated carbocycles. The van der Waals surface area contributed by atoms with Crippen LogP contribution in [0, 0.1) is 0 Å². The molecule has 1 N–H and O–H groups in total. The number of halogens is 1. The number of carbonyl (C=O) groups excluding carboxylic acids is 1. The lowest BCUT2D eigenvalue weighted by Gasteiger charge is -2.14. The van der Waals surface area contributed by atoms with Crippen molar-refractivity contribution in [3.05, 3.63) is 68.3 Å². The van der Waals surface area contributed by atoms with Crippen molar-refractivity contribution in [2.24, 2.45) is 0 Å². The number of likely N-dealkylation sites (N-methyl/N-ethyl adjacent to an activating group) is 1. The molecule has 8 heteroatoms. The van der Waals surface area contributed by atoms with Gasteiger partial charge in [0.15, 0.2) is 0 Å². The molecule has 0 aliphatic carbocycles. The number of hydrogen-bond donors (Lipinski definition) is 1. The van der Waals surface area contributed by atoms with Gasteiger partial charge in [0.1, 0.15) is 12.3 Å². The molecular weight excluding hydrogens is 358 g/mol. The smallest absolute Gasteiger partial charge is 0.336 e. The van der Waals surface area contributed by atoms with Gasteiger partial charge in [-0.2, -0.15) is 0 Å². The maximum Gasteiger partial charge on any atom is 0.336 e. The zero-order chi connectivity index (χ0) is 18.8. The number of carbonyl (C=O) groups is 1. The van der Waals surface area contributed by atoms with E-state index in [1.54, 1.807) is 30.3 Å². The molecule has 26 heavy (non-hydrogen) atoms. The van der Waals surface area contributed by atoms with Crippen LogP contribution in [-0.2, 0) is 11.3 Å². The quantitative estimate of drug-likeness (QED) is 0.752. The average molecular weight is 374 g/mol. The molecule has 0 aliphatic heterocycles. The summed E-state index contributed by atoms with van der Waals surface area (Å²) in [7, 11) is 2.97.